The third-order valence-corrected chi connectivity index (χ3v) is 3.81. The fraction of sp³-hybridized carbons (Fsp3) is 0.625. The first kappa shape index (κ1) is 13.9. The van der Waals surface area contributed by atoms with Crippen LogP contribution in [0.3, 0.4) is 0 Å². The molecule has 1 aromatic carbocycles. The van der Waals surface area contributed by atoms with Crippen LogP contribution in [0.4, 0.5) is 0 Å². The first-order valence-electron chi connectivity index (χ1n) is 6.93. The first-order chi connectivity index (χ1) is 8.44. The van der Waals surface area contributed by atoms with E-state index >= 15 is 0 Å². The molecular formula is C16H24ClN. The Kier molecular flexibility index (Phi) is 4.34. The molecule has 2 rings (SSSR count). The maximum absolute atomic E-state index is 6.06. The number of hydrogen-bond donors (Lipinski definition) is 1. The van der Waals surface area contributed by atoms with Crippen LogP contribution in [0, 0.1) is 11.8 Å². The van der Waals surface area contributed by atoms with Gasteiger partial charge in [0.05, 0.1) is 0 Å². The maximum atomic E-state index is 6.06. The number of halogens is 1. The number of hydrogen-bond acceptors (Lipinski definition) is 1. The van der Waals surface area contributed by atoms with E-state index in [1.165, 1.54) is 18.4 Å². The highest BCUT2D eigenvalue weighted by atomic mass is 35.5. The molecule has 0 bridgehead atoms. The zero-order valence-electron chi connectivity index (χ0n) is 11.7. The molecule has 1 fully saturated rings. The lowest BCUT2D eigenvalue weighted by molar-refractivity contribution is 0.346. The Morgan fingerprint density at radius 1 is 1.33 bits per heavy atom. The van der Waals surface area contributed by atoms with Gasteiger partial charge in [-0.05, 0) is 76.1 Å². The van der Waals surface area contributed by atoms with Crippen LogP contribution >= 0.6 is 11.6 Å². The van der Waals surface area contributed by atoms with Crippen molar-refractivity contribution in [3.8, 4) is 0 Å². The average Bonchev–Trinajstić information content (AvgIpc) is 3.06. The second-order valence-corrected chi connectivity index (χ2v) is 7.00. The van der Waals surface area contributed by atoms with Gasteiger partial charge in [0.2, 0.25) is 0 Å². The predicted octanol–water partition coefficient (Wildman–Crippen LogP) is 4.30. The quantitative estimate of drug-likeness (QED) is 0.837. The Balaban J connectivity index is 1.94. The summed E-state index contributed by atoms with van der Waals surface area (Å²) < 4.78 is 0. The molecule has 0 radical (unpaired) electrons. The molecule has 0 spiro atoms. The minimum atomic E-state index is 0.210. The highest BCUT2D eigenvalue weighted by molar-refractivity contribution is 6.30. The van der Waals surface area contributed by atoms with Gasteiger partial charge in [0.25, 0.3) is 0 Å². The first-order valence-corrected chi connectivity index (χ1v) is 7.31. The monoisotopic (exact) mass is 265 g/mol. The van der Waals surface area contributed by atoms with Crippen molar-refractivity contribution in [2.24, 2.45) is 11.8 Å². The number of rotatable bonds is 5. The van der Waals surface area contributed by atoms with Gasteiger partial charge in [-0.2, -0.15) is 0 Å². The summed E-state index contributed by atoms with van der Waals surface area (Å²) in [5.41, 5.74) is 1.58. The van der Waals surface area contributed by atoms with Crippen molar-refractivity contribution in [1.29, 1.82) is 0 Å². The van der Waals surface area contributed by atoms with Crippen molar-refractivity contribution in [3.05, 3.63) is 34.9 Å². The second kappa shape index (κ2) is 5.63. The molecule has 0 heterocycles. The average molecular weight is 266 g/mol. The molecule has 1 nitrogen and oxygen atoms in total. The lowest BCUT2D eigenvalue weighted by Gasteiger charge is -2.25. The fourth-order valence-electron chi connectivity index (χ4n) is 2.38. The fourth-order valence-corrected chi connectivity index (χ4v) is 2.59. The summed E-state index contributed by atoms with van der Waals surface area (Å²) in [6, 6.07) is 8.30. The third kappa shape index (κ3) is 4.62. The van der Waals surface area contributed by atoms with Crippen molar-refractivity contribution in [2.75, 3.05) is 6.54 Å². The van der Waals surface area contributed by atoms with Gasteiger partial charge in [-0.25, -0.2) is 0 Å². The molecule has 1 unspecified atom stereocenters. The van der Waals surface area contributed by atoms with Crippen molar-refractivity contribution < 1.29 is 0 Å². The van der Waals surface area contributed by atoms with Crippen LogP contribution in [-0.4, -0.2) is 12.1 Å². The van der Waals surface area contributed by atoms with Gasteiger partial charge in [-0.1, -0.05) is 23.7 Å². The van der Waals surface area contributed by atoms with Gasteiger partial charge in [0, 0.05) is 10.6 Å². The topological polar surface area (TPSA) is 12.0 Å². The zero-order chi connectivity index (χ0) is 13.2. The highest BCUT2D eigenvalue weighted by Crippen LogP contribution is 2.38. The van der Waals surface area contributed by atoms with Crippen molar-refractivity contribution >= 4 is 11.6 Å². The van der Waals surface area contributed by atoms with Crippen LogP contribution in [-0.2, 0) is 6.42 Å². The SMILES string of the molecule is CC(C)(C)NCC(Cc1cccc(Cl)c1)C1CC1. The van der Waals surface area contributed by atoms with E-state index in [4.69, 9.17) is 11.6 Å². The number of benzene rings is 1. The third-order valence-electron chi connectivity index (χ3n) is 3.57. The Hall–Kier alpha value is -0.530. The minimum Gasteiger partial charge on any atom is -0.312 e. The van der Waals surface area contributed by atoms with Crippen LogP contribution < -0.4 is 5.32 Å². The van der Waals surface area contributed by atoms with Crippen molar-refractivity contribution in [1.82, 2.24) is 5.32 Å². The van der Waals surface area contributed by atoms with E-state index in [0.717, 1.165) is 29.8 Å². The van der Waals surface area contributed by atoms with E-state index < -0.39 is 0 Å². The molecule has 1 atom stereocenters. The summed E-state index contributed by atoms with van der Waals surface area (Å²) in [4.78, 5) is 0. The minimum absolute atomic E-state index is 0.210. The van der Waals surface area contributed by atoms with Gasteiger partial charge in [-0.15, -0.1) is 0 Å². The highest BCUT2D eigenvalue weighted by Gasteiger charge is 2.31. The molecule has 1 saturated carbocycles. The molecule has 0 aromatic heterocycles. The maximum Gasteiger partial charge on any atom is 0.0408 e. The summed E-state index contributed by atoms with van der Waals surface area (Å²) in [7, 11) is 0. The molecule has 18 heavy (non-hydrogen) atoms. The van der Waals surface area contributed by atoms with Crippen LogP contribution in [0.1, 0.15) is 39.2 Å². The van der Waals surface area contributed by atoms with Crippen LogP contribution in [0.5, 0.6) is 0 Å². The van der Waals surface area contributed by atoms with Crippen LogP contribution in [0.2, 0.25) is 5.02 Å². The molecule has 2 heteroatoms. The Morgan fingerprint density at radius 3 is 2.61 bits per heavy atom. The predicted molar refractivity (Wildman–Crippen MR) is 79.1 cm³/mol. The second-order valence-electron chi connectivity index (χ2n) is 6.56. The van der Waals surface area contributed by atoms with E-state index in [1.54, 1.807) is 0 Å². The number of nitrogens with one attached hydrogen (secondary N) is 1. The molecule has 1 aliphatic rings. The molecular weight excluding hydrogens is 242 g/mol. The van der Waals surface area contributed by atoms with Gasteiger partial charge >= 0.3 is 0 Å². The molecule has 1 N–H and O–H groups in total. The van der Waals surface area contributed by atoms with E-state index in [2.05, 4.69) is 44.3 Å². The summed E-state index contributed by atoms with van der Waals surface area (Å²) in [6.07, 6.45) is 3.95. The van der Waals surface area contributed by atoms with Crippen LogP contribution in [0.15, 0.2) is 24.3 Å². The van der Waals surface area contributed by atoms with Crippen molar-refractivity contribution in [2.45, 2.75) is 45.6 Å². The van der Waals surface area contributed by atoms with Crippen LogP contribution in [0.25, 0.3) is 0 Å². The zero-order valence-corrected chi connectivity index (χ0v) is 12.4. The molecule has 1 aliphatic carbocycles. The molecule has 1 aromatic rings. The summed E-state index contributed by atoms with van der Waals surface area (Å²) >= 11 is 6.06. The smallest absolute Gasteiger partial charge is 0.0408 e. The van der Waals surface area contributed by atoms with E-state index in [9.17, 15) is 0 Å². The standard InChI is InChI=1S/C16H24ClN/c1-16(2,3)18-11-14(13-7-8-13)9-12-5-4-6-15(17)10-12/h4-6,10,13-14,18H,7-9,11H2,1-3H3. The summed E-state index contributed by atoms with van der Waals surface area (Å²) in [6.45, 7) is 7.81. The Morgan fingerprint density at radius 2 is 2.06 bits per heavy atom. The normalized spacial score (nSPS) is 17.8. The van der Waals surface area contributed by atoms with Gasteiger partial charge < -0.3 is 5.32 Å². The van der Waals surface area contributed by atoms with Crippen molar-refractivity contribution in [3.63, 3.8) is 0 Å². The molecule has 0 aliphatic heterocycles. The summed E-state index contributed by atoms with van der Waals surface area (Å²) in [5.74, 6) is 1.67. The molecule has 0 amide bonds. The van der Waals surface area contributed by atoms with E-state index in [0.29, 0.717) is 0 Å². The molecule has 100 valence electrons. The van der Waals surface area contributed by atoms with E-state index in [-0.39, 0.29) is 5.54 Å². The van der Waals surface area contributed by atoms with Gasteiger partial charge in [0.1, 0.15) is 0 Å². The Labute approximate surface area is 116 Å². The largest absolute Gasteiger partial charge is 0.312 e. The summed E-state index contributed by atoms with van der Waals surface area (Å²) in [5, 5.41) is 4.50. The lowest BCUT2D eigenvalue weighted by atomic mass is 9.93. The van der Waals surface area contributed by atoms with E-state index in [1.807, 2.05) is 6.07 Å². The molecule has 0 saturated heterocycles. The lowest BCUT2D eigenvalue weighted by Crippen LogP contribution is -2.40. The van der Waals surface area contributed by atoms with Gasteiger partial charge in [0.15, 0.2) is 0 Å². The van der Waals surface area contributed by atoms with Gasteiger partial charge in [-0.3, -0.25) is 0 Å². The Bertz CT molecular complexity index is 390.